The molecule has 0 aliphatic heterocycles. The van der Waals surface area contributed by atoms with Crippen molar-refractivity contribution in [2.24, 2.45) is 0 Å². The Morgan fingerprint density at radius 1 is 0.271 bits per heavy atom. The van der Waals surface area contributed by atoms with Gasteiger partial charge in [0.15, 0.2) is 6.10 Å². The average Bonchev–Trinajstić information content (AvgIpc) is 0.908. The van der Waals surface area contributed by atoms with Crippen LogP contribution in [-0.4, -0.2) is 95.9 Å². The molecule has 0 aliphatic carbocycles. The van der Waals surface area contributed by atoms with Crippen molar-refractivity contribution in [2.75, 3.05) is 39.6 Å². The minimum Gasteiger partial charge on any atom is -0.463 e. The number of carbonyl (C=O) groups excluding carboxylic acids is 3. The molecule has 0 radical (unpaired) electrons. The predicted molar refractivity (Wildman–Crippen MR) is 445 cm³/mol. The first-order valence-electron chi connectivity index (χ1n) is 41.4. The number of ether oxygens (including phenoxy) is 3. The number of allylic oxidation sites excluding steroid dienone is 28. The third kappa shape index (κ3) is 81.7. The molecule has 16 nitrogen and oxygen atoms in total. The van der Waals surface area contributed by atoms with E-state index in [4.69, 9.17) is 32.3 Å². The number of rotatable bonds is 77. The quantitative estimate of drug-likeness (QED) is 0.0146. The van der Waals surface area contributed by atoms with Crippen LogP contribution in [0, 0.1) is 0 Å². The maximum absolute atomic E-state index is 13.0. The second-order valence-corrected chi connectivity index (χ2v) is 30.1. The number of carbonyl (C=O) groups is 3. The number of phosphoric ester groups is 2. The molecule has 0 aliphatic rings. The average molecular weight is 1540 g/mol. The lowest BCUT2D eigenvalue weighted by Gasteiger charge is -2.21. The third-order valence-corrected chi connectivity index (χ3v) is 18.8. The van der Waals surface area contributed by atoms with Crippen LogP contribution < -0.4 is 0 Å². The van der Waals surface area contributed by atoms with Crippen molar-refractivity contribution in [2.45, 2.75) is 334 Å². The van der Waals surface area contributed by atoms with E-state index < -0.39 is 91.5 Å². The topological polar surface area (TPSA) is 231 Å². The van der Waals surface area contributed by atoms with E-state index in [2.05, 4.69) is 191 Å². The maximum Gasteiger partial charge on any atom is 0.472 e. The van der Waals surface area contributed by atoms with Gasteiger partial charge < -0.3 is 34.2 Å². The first-order valence-corrected chi connectivity index (χ1v) is 44.4. The largest absolute Gasteiger partial charge is 0.472 e. The summed E-state index contributed by atoms with van der Waals surface area (Å²) in [4.78, 5) is 58.8. The standard InChI is InChI=1S/C89H148O16P2/c1-4-7-10-13-16-19-22-25-28-31-33-35-37-39-41-43-45-47-49-52-54-57-60-63-66-69-72-75-87(92)99-78-84(90)79-101-106(95,96)102-80-85(91)81-103-107(97,98)104-83-86(105-89(94)77-74-71-68-65-62-59-56-51-30-27-24-21-18-15-12-9-6-3)82-100-88(93)76-73-70-67-64-61-58-55-53-50-48-46-44-42-40-38-36-34-32-29-26-23-20-17-14-11-8-5-2/h7,9-10,12,16-21,25-30,33-36,39-42,45,47,56,59,84-86,90-91H,4-6,8,11,13-15,22-24,31-32,37-38,43-44,46,48-55,57-58,60-83H2,1-3H3,(H,95,96)(H,97,98)/b10-7-,12-9-,19-16-,20-17-,21-18-,28-25-,29-26-,30-27-,35-33-,36-34-,41-39-,42-40-,47-45-,59-56-. The summed E-state index contributed by atoms with van der Waals surface area (Å²) in [5.41, 5.74) is 0. The summed E-state index contributed by atoms with van der Waals surface area (Å²) in [5.74, 6) is -1.62. The summed E-state index contributed by atoms with van der Waals surface area (Å²) >= 11 is 0. The number of esters is 3. The van der Waals surface area contributed by atoms with Gasteiger partial charge in [-0.1, -0.05) is 313 Å². The minimum atomic E-state index is -4.95. The van der Waals surface area contributed by atoms with Gasteiger partial charge in [0, 0.05) is 19.3 Å². The summed E-state index contributed by atoms with van der Waals surface area (Å²) < 4.78 is 61.2. The molecule has 0 aromatic carbocycles. The van der Waals surface area contributed by atoms with E-state index in [0.29, 0.717) is 19.3 Å². The van der Waals surface area contributed by atoms with E-state index in [-0.39, 0.29) is 19.3 Å². The molecule has 0 spiro atoms. The Morgan fingerprint density at radius 3 is 0.785 bits per heavy atom. The van der Waals surface area contributed by atoms with Crippen molar-refractivity contribution in [3.05, 3.63) is 170 Å². The van der Waals surface area contributed by atoms with E-state index in [1.807, 2.05) is 0 Å². The zero-order valence-electron chi connectivity index (χ0n) is 66.7. The number of aliphatic hydroxyl groups excluding tert-OH is 2. The highest BCUT2D eigenvalue weighted by Gasteiger charge is 2.29. The van der Waals surface area contributed by atoms with Gasteiger partial charge in [-0.15, -0.1) is 0 Å². The van der Waals surface area contributed by atoms with Gasteiger partial charge in [0.1, 0.15) is 25.4 Å². The van der Waals surface area contributed by atoms with Crippen LogP contribution in [0.3, 0.4) is 0 Å². The molecule has 0 rings (SSSR count). The van der Waals surface area contributed by atoms with Crippen LogP contribution in [0.15, 0.2) is 170 Å². The van der Waals surface area contributed by atoms with E-state index in [0.717, 1.165) is 173 Å². The molecule has 107 heavy (non-hydrogen) atoms. The van der Waals surface area contributed by atoms with Crippen LogP contribution >= 0.6 is 15.6 Å². The van der Waals surface area contributed by atoms with Crippen LogP contribution in [0.1, 0.15) is 316 Å². The number of aliphatic hydroxyl groups is 2. The van der Waals surface area contributed by atoms with Crippen molar-refractivity contribution in [3.63, 3.8) is 0 Å². The second-order valence-electron chi connectivity index (χ2n) is 27.2. The first kappa shape index (κ1) is 102. The molecular formula is C89H148O16P2. The lowest BCUT2D eigenvalue weighted by Crippen LogP contribution is -2.30. The fraction of sp³-hybridized carbons (Fsp3) is 0.652. The van der Waals surface area contributed by atoms with E-state index in [1.54, 1.807) is 0 Å². The van der Waals surface area contributed by atoms with Crippen molar-refractivity contribution in [3.8, 4) is 0 Å². The first-order chi connectivity index (χ1) is 52.2. The molecule has 18 heteroatoms. The van der Waals surface area contributed by atoms with Gasteiger partial charge in [-0.25, -0.2) is 9.13 Å². The Hall–Kier alpha value is -5.09. The Labute approximate surface area is 650 Å². The molecule has 0 aromatic heterocycles. The molecule has 0 bridgehead atoms. The van der Waals surface area contributed by atoms with Gasteiger partial charge in [-0.05, 0) is 154 Å². The van der Waals surface area contributed by atoms with Crippen LogP contribution in [0.5, 0.6) is 0 Å². The van der Waals surface area contributed by atoms with Crippen LogP contribution in [-0.2, 0) is 55.8 Å². The van der Waals surface area contributed by atoms with Gasteiger partial charge in [-0.3, -0.25) is 32.5 Å². The van der Waals surface area contributed by atoms with E-state index in [9.17, 15) is 43.5 Å². The summed E-state index contributed by atoms with van der Waals surface area (Å²) in [6.07, 6.45) is 102. The van der Waals surface area contributed by atoms with Gasteiger partial charge in [0.05, 0.1) is 26.4 Å². The summed E-state index contributed by atoms with van der Waals surface area (Å²) in [7, 11) is -9.82. The Bertz CT molecular complexity index is 2620. The van der Waals surface area contributed by atoms with Gasteiger partial charge in [-0.2, -0.15) is 0 Å². The highest BCUT2D eigenvalue weighted by molar-refractivity contribution is 7.47. The number of hydrogen-bond acceptors (Lipinski definition) is 14. The molecule has 0 amide bonds. The lowest BCUT2D eigenvalue weighted by molar-refractivity contribution is -0.161. The maximum atomic E-state index is 13.0. The molecule has 0 fully saturated rings. The molecule has 0 aromatic rings. The zero-order valence-corrected chi connectivity index (χ0v) is 68.5. The van der Waals surface area contributed by atoms with Gasteiger partial charge in [0.2, 0.25) is 0 Å². The SMILES string of the molecule is CC/C=C\C/C=C\C/C=C\C/C=C\C/C=C\C/C=C\CCCCCCCCCCC(=O)OCC(O)COP(=O)(O)OCC(O)COP(=O)(O)OCC(COC(=O)CCCCCCCCCCCCC/C=C\C/C=C\C/C=C\C/C=C\CCCCC)OC(=O)CCCCCC/C=C\C/C=C\C/C=C\C/C=C\CC. The van der Waals surface area contributed by atoms with Crippen molar-refractivity contribution < 1.29 is 75.8 Å². The fourth-order valence-corrected chi connectivity index (χ4v) is 12.3. The minimum absolute atomic E-state index is 0.0708. The van der Waals surface area contributed by atoms with Crippen molar-refractivity contribution >= 4 is 33.6 Å². The Morgan fingerprint density at radius 2 is 0.495 bits per heavy atom. The number of hydrogen-bond donors (Lipinski definition) is 4. The predicted octanol–water partition coefficient (Wildman–Crippen LogP) is 24.8. The molecule has 5 atom stereocenters. The fourth-order valence-electron chi connectivity index (χ4n) is 10.7. The van der Waals surface area contributed by atoms with Crippen LogP contribution in [0.4, 0.5) is 0 Å². The van der Waals surface area contributed by atoms with Crippen LogP contribution in [0.25, 0.3) is 0 Å². The molecule has 4 N–H and O–H groups in total. The molecular weight excluding hydrogens is 1390 g/mol. The zero-order chi connectivity index (χ0) is 78.0. The molecule has 0 saturated carbocycles. The van der Waals surface area contributed by atoms with Crippen molar-refractivity contribution in [1.29, 1.82) is 0 Å². The Kier molecular flexibility index (Phi) is 76.6. The monoisotopic (exact) mass is 1540 g/mol. The normalized spacial score (nSPS) is 14.8. The molecule has 0 heterocycles. The lowest BCUT2D eigenvalue weighted by atomic mass is 10.0. The van der Waals surface area contributed by atoms with Crippen molar-refractivity contribution in [1.82, 2.24) is 0 Å². The van der Waals surface area contributed by atoms with E-state index in [1.165, 1.54) is 83.5 Å². The van der Waals surface area contributed by atoms with Gasteiger partial charge in [0.25, 0.3) is 0 Å². The summed E-state index contributed by atoms with van der Waals surface area (Å²) in [6.45, 7) is 2.39. The molecule has 0 saturated heterocycles. The molecule has 610 valence electrons. The highest BCUT2D eigenvalue weighted by atomic mass is 31.2. The Balaban J connectivity index is 4.64. The summed E-state index contributed by atoms with van der Waals surface area (Å²) in [6, 6.07) is 0. The highest BCUT2D eigenvalue weighted by Crippen LogP contribution is 2.45. The number of phosphoric acid groups is 2. The van der Waals surface area contributed by atoms with Crippen LogP contribution in [0.2, 0.25) is 0 Å². The summed E-state index contributed by atoms with van der Waals surface area (Å²) in [5, 5.41) is 20.7. The molecule has 5 unspecified atom stereocenters. The smallest absolute Gasteiger partial charge is 0.463 e. The van der Waals surface area contributed by atoms with E-state index >= 15 is 0 Å². The second kappa shape index (κ2) is 80.4. The van der Waals surface area contributed by atoms with Gasteiger partial charge >= 0.3 is 33.6 Å². The number of unbranched alkanes of at least 4 members (excludes halogenated alkanes) is 26. The third-order valence-electron chi connectivity index (χ3n) is 16.9.